The predicted molar refractivity (Wildman–Crippen MR) is 82.4 cm³/mol. The lowest BCUT2D eigenvalue weighted by atomic mass is 9.74. The molecule has 6 heteroatoms. The summed E-state index contributed by atoms with van der Waals surface area (Å²) < 4.78 is 33.9. The number of rotatable bonds is 4. The third-order valence-corrected chi connectivity index (χ3v) is 6.27. The molecule has 1 heterocycles. The summed E-state index contributed by atoms with van der Waals surface area (Å²) in [5, 5.41) is 0. The van der Waals surface area contributed by atoms with Crippen LogP contribution in [0.15, 0.2) is 9.31 Å². The quantitative estimate of drug-likeness (QED) is 0.894. The summed E-state index contributed by atoms with van der Waals surface area (Å²) >= 11 is 0. The van der Waals surface area contributed by atoms with Crippen molar-refractivity contribution in [3.05, 3.63) is 17.1 Å². The number of nitrogens with two attached hydrogens (primary N) is 1. The molecular formula is C15H26N2O3S. The Labute approximate surface area is 127 Å². The minimum Gasteiger partial charge on any atom is -0.465 e. The molecule has 1 saturated carbocycles. The van der Waals surface area contributed by atoms with Crippen LogP contribution in [0.5, 0.6) is 0 Å². The van der Waals surface area contributed by atoms with Gasteiger partial charge in [0.05, 0.1) is 0 Å². The van der Waals surface area contributed by atoms with Crippen LogP contribution in [0, 0.1) is 19.3 Å². The van der Waals surface area contributed by atoms with Crippen LogP contribution in [0.25, 0.3) is 0 Å². The third-order valence-electron chi connectivity index (χ3n) is 4.60. The molecule has 0 bridgehead atoms. The molecule has 5 nitrogen and oxygen atoms in total. The second-order valence-corrected chi connectivity index (χ2v) is 8.29. The summed E-state index contributed by atoms with van der Waals surface area (Å²) in [5.41, 5.74) is 6.25. The molecule has 0 radical (unpaired) electrons. The zero-order valence-corrected chi connectivity index (χ0v) is 14.1. The smallest absolute Gasteiger partial charge is 0.244 e. The molecule has 1 fully saturated rings. The number of aryl methyl sites for hydroxylation is 2. The van der Waals surface area contributed by atoms with Crippen molar-refractivity contribution in [2.45, 2.75) is 70.9 Å². The Morgan fingerprint density at radius 1 is 1.29 bits per heavy atom. The summed E-state index contributed by atoms with van der Waals surface area (Å²) in [6, 6.07) is -0.0449. The van der Waals surface area contributed by atoms with E-state index in [2.05, 4.69) is 18.6 Å². The van der Waals surface area contributed by atoms with Gasteiger partial charge >= 0.3 is 0 Å². The van der Waals surface area contributed by atoms with E-state index in [-0.39, 0.29) is 22.9 Å². The van der Waals surface area contributed by atoms with Crippen LogP contribution in [-0.2, 0) is 16.6 Å². The van der Waals surface area contributed by atoms with Crippen molar-refractivity contribution < 1.29 is 12.8 Å². The van der Waals surface area contributed by atoms with Crippen molar-refractivity contribution in [3.63, 3.8) is 0 Å². The van der Waals surface area contributed by atoms with Crippen molar-refractivity contribution in [1.29, 1.82) is 0 Å². The average Bonchev–Trinajstić information content (AvgIpc) is 2.66. The first-order chi connectivity index (χ1) is 9.69. The van der Waals surface area contributed by atoms with Gasteiger partial charge in [-0.15, -0.1) is 0 Å². The Hall–Kier alpha value is -0.850. The number of nitrogens with one attached hydrogen (secondary N) is 1. The molecular weight excluding hydrogens is 288 g/mol. The highest BCUT2D eigenvalue weighted by molar-refractivity contribution is 7.89. The van der Waals surface area contributed by atoms with E-state index >= 15 is 0 Å². The van der Waals surface area contributed by atoms with Gasteiger partial charge in [-0.25, -0.2) is 13.1 Å². The van der Waals surface area contributed by atoms with Crippen molar-refractivity contribution >= 4 is 10.0 Å². The molecule has 1 unspecified atom stereocenters. The van der Waals surface area contributed by atoms with Gasteiger partial charge in [-0.3, -0.25) is 0 Å². The Morgan fingerprint density at radius 3 is 2.52 bits per heavy atom. The van der Waals surface area contributed by atoms with E-state index in [1.54, 1.807) is 13.8 Å². The first-order valence-corrected chi connectivity index (χ1v) is 8.98. The molecule has 0 aromatic carbocycles. The average molecular weight is 314 g/mol. The van der Waals surface area contributed by atoms with Crippen LogP contribution < -0.4 is 10.5 Å². The van der Waals surface area contributed by atoms with Crippen LogP contribution in [0.2, 0.25) is 0 Å². The maximum atomic E-state index is 12.8. The maximum Gasteiger partial charge on any atom is 0.244 e. The van der Waals surface area contributed by atoms with Crippen LogP contribution in [0.4, 0.5) is 0 Å². The molecule has 0 spiro atoms. The molecule has 3 N–H and O–H groups in total. The van der Waals surface area contributed by atoms with Crippen molar-refractivity contribution in [2.24, 2.45) is 11.1 Å². The predicted octanol–water partition coefficient (Wildman–Crippen LogP) is 2.60. The SMILES string of the molecule is Cc1oc(C)c(S(=O)(=O)NC2CCCCC2(C)C)c1CN. The fraction of sp³-hybridized carbons (Fsp3) is 0.733. The number of hydrogen-bond acceptors (Lipinski definition) is 4. The van der Waals surface area contributed by atoms with Crippen molar-refractivity contribution in [2.75, 3.05) is 0 Å². The maximum absolute atomic E-state index is 12.8. The monoisotopic (exact) mass is 314 g/mol. The Bertz CT molecular complexity index is 617. The Kier molecular flexibility index (Phi) is 4.52. The van der Waals surface area contributed by atoms with Gasteiger partial charge in [-0.05, 0) is 32.1 Å². The summed E-state index contributed by atoms with van der Waals surface area (Å²) in [4.78, 5) is 0.226. The molecule has 1 aliphatic carbocycles. The van der Waals surface area contributed by atoms with Gasteiger partial charge in [0.2, 0.25) is 10.0 Å². The van der Waals surface area contributed by atoms with Gasteiger partial charge in [-0.1, -0.05) is 26.7 Å². The summed E-state index contributed by atoms with van der Waals surface area (Å²) in [5.74, 6) is 0.993. The van der Waals surface area contributed by atoms with Gasteiger partial charge in [-0.2, -0.15) is 0 Å². The number of sulfonamides is 1. The van der Waals surface area contributed by atoms with E-state index in [1.807, 2.05) is 0 Å². The molecule has 1 aliphatic rings. The lowest BCUT2D eigenvalue weighted by molar-refractivity contribution is 0.188. The first-order valence-electron chi connectivity index (χ1n) is 7.50. The Morgan fingerprint density at radius 2 is 1.95 bits per heavy atom. The van der Waals surface area contributed by atoms with E-state index < -0.39 is 10.0 Å². The van der Waals surface area contributed by atoms with Gasteiger partial charge in [0.1, 0.15) is 16.4 Å². The molecule has 1 aromatic heterocycles. The minimum absolute atomic E-state index is 0.0269. The zero-order valence-electron chi connectivity index (χ0n) is 13.3. The highest BCUT2D eigenvalue weighted by Gasteiger charge is 2.37. The second kappa shape index (κ2) is 5.74. The topological polar surface area (TPSA) is 85.3 Å². The summed E-state index contributed by atoms with van der Waals surface area (Å²) in [6.45, 7) is 7.83. The van der Waals surface area contributed by atoms with Crippen LogP contribution in [0.1, 0.15) is 56.6 Å². The fourth-order valence-electron chi connectivity index (χ4n) is 3.26. The fourth-order valence-corrected chi connectivity index (χ4v) is 5.16. The highest BCUT2D eigenvalue weighted by atomic mass is 32.2. The van der Waals surface area contributed by atoms with E-state index in [1.165, 1.54) is 0 Å². The Balaban J connectivity index is 2.35. The number of furan rings is 1. The minimum atomic E-state index is -3.61. The van der Waals surface area contributed by atoms with E-state index in [0.29, 0.717) is 17.1 Å². The summed E-state index contributed by atoms with van der Waals surface area (Å²) in [7, 11) is -3.61. The second-order valence-electron chi connectivity index (χ2n) is 6.63. The van der Waals surface area contributed by atoms with E-state index in [4.69, 9.17) is 10.2 Å². The first kappa shape index (κ1) is 16.5. The summed E-state index contributed by atoms with van der Waals surface area (Å²) in [6.07, 6.45) is 4.13. The molecule has 2 rings (SSSR count). The van der Waals surface area contributed by atoms with Gasteiger partial charge in [0.15, 0.2) is 0 Å². The molecule has 1 atom stereocenters. The lowest BCUT2D eigenvalue weighted by Gasteiger charge is -2.38. The largest absolute Gasteiger partial charge is 0.465 e. The van der Waals surface area contributed by atoms with Gasteiger partial charge in [0.25, 0.3) is 0 Å². The molecule has 0 saturated heterocycles. The van der Waals surface area contributed by atoms with E-state index in [0.717, 1.165) is 25.7 Å². The molecule has 0 aliphatic heterocycles. The molecule has 120 valence electrons. The zero-order chi connectivity index (χ0) is 15.8. The highest BCUT2D eigenvalue weighted by Crippen LogP contribution is 2.37. The van der Waals surface area contributed by atoms with Gasteiger partial charge < -0.3 is 10.2 Å². The third kappa shape index (κ3) is 3.17. The lowest BCUT2D eigenvalue weighted by Crippen LogP contribution is -2.46. The van der Waals surface area contributed by atoms with Crippen molar-refractivity contribution in [3.8, 4) is 0 Å². The van der Waals surface area contributed by atoms with E-state index in [9.17, 15) is 8.42 Å². The van der Waals surface area contributed by atoms with Crippen LogP contribution in [0.3, 0.4) is 0 Å². The molecule has 21 heavy (non-hydrogen) atoms. The van der Waals surface area contributed by atoms with Gasteiger partial charge in [0, 0.05) is 18.2 Å². The van der Waals surface area contributed by atoms with Crippen LogP contribution >= 0.6 is 0 Å². The number of hydrogen-bond donors (Lipinski definition) is 2. The normalized spacial score (nSPS) is 22.4. The molecule has 0 amide bonds. The van der Waals surface area contributed by atoms with Crippen molar-refractivity contribution in [1.82, 2.24) is 4.72 Å². The standard InChI is InChI=1S/C15H26N2O3S/c1-10-12(9-16)14(11(2)20-10)21(18,19)17-13-7-5-6-8-15(13,3)4/h13,17H,5-9,16H2,1-4H3. The van der Waals surface area contributed by atoms with Crippen LogP contribution in [-0.4, -0.2) is 14.5 Å². The molecule has 1 aromatic rings.